The van der Waals surface area contributed by atoms with Crippen LogP contribution in [0.5, 0.6) is 0 Å². The molecule has 0 N–H and O–H groups in total. The molecule has 1 aromatic rings. The summed E-state index contributed by atoms with van der Waals surface area (Å²) in [5.74, 6) is 0.374. The molecule has 0 bridgehead atoms. The molecule has 0 fully saturated rings. The number of hydrogen-bond donors (Lipinski definition) is 0. The summed E-state index contributed by atoms with van der Waals surface area (Å²) in [6.45, 7) is 0. The Morgan fingerprint density at radius 2 is 2.31 bits per heavy atom. The molecule has 0 amide bonds. The van der Waals surface area contributed by atoms with Crippen LogP contribution in [0, 0.1) is 3.57 Å². The summed E-state index contributed by atoms with van der Waals surface area (Å²) < 4.78 is 0.822. The van der Waals surface area contributed by atoms with Crippen molar-refractivity contribution in [1.82, 2.24) is 14.9 Å². The monoisotopic (exact) mass is 310 g/mol. The summed E-state index contributed by atoms with van der Waals surface area (Å²) in [6.07, 6.45) is 3.26. The maximum absolute atomic E-state index is 5.78. The van der Waals surface area contributed by atoms with E-state index in [0.717, 1.165) is 3.57 Å². The van der Waals surface area contributed by atoms with E-state index in [0.29, 0.717) is 11.1 Å². The molecular formula is C7H8ClIN4. The van der Waals surface area contributed by atoms with Gasteiger partial charge in [-0.15, -0.1) is 0 Å². The number of rotatable bonds is 2. The minimum atomic E-state index is 0.374. The van der Waals surface area contributed by atoms with Crippen LogP contribution in [-0.4, -0.2) is 35.3 Å². The SMILES string of the molecule is CN(C)C=Nc1ncc(I)c(Cl)n1. The zero-order chi connectivity index (χ0) is 9.84. The molecule has 0 aliphatic heterocycles. The van der Waals surface area contributed by atoms with Crippen LogP contribution in [0.2, 0.25) is 5.15 Å². The van der Waals surface area contributed by atoms with Crippen LogP contribution >= 0.6 is 34.2 Å². The van der Waals surface area contributed by atoms with Crippen molar-refractivity contribution in [3.8, 4) is 0 Å². The van der Waals surface area contributed by atoms with Gasteiger partial charge in [-0.2, -0.15) is 4.98 Å². The Bertz CT molecular complexity index is 326. The van der Waals surface area contributed by atoms with Crippen LogP contribution in [0.4, 0.5) is 5.95 Å². The van der Waals surface area contributed by atoms with E-state index in [1.54, 1.807) is 17.4 Å². The van der Waals surface area contributed by atoms with E-state index in [9.17, 15) is 0 Å². The first-order chi connectivity index (χ1) is 6.09. The Morgan fingerprint density at radius 1 is 1.62 bits per heavy atom. The quantitative estimate of drug-likeness (QED) is 0.363. The molecule has 1 aromatic heterocycles. The summed E-state index contributed by atoms with van der Waals surface area (Å²) in [5, 5.41) is 0.432. The van der Waals surface area contributed by atoms with Crippen molar-refractivity contribution in [1.29, 1.82) is 0 Å². The molecular weight excluding hydrogens is 302 g/mol. The molecule has 0 saturated heterocycles. The fraction of sp³-hybridized carbons (Fsp3) is 0.286. The Hall–Kier alpha value is -0.430. The lowest BCUT2D eigenvalue weighted by molar-refractivity contribution is 0.642. The van der Waals surface area contributed by atoms with E-state index in [1.807, 2.05) is 14.1 Å². The van der Waals surface area contributed by atoms with E-state index in [-0.39, 0.29) is 0 Å². The molecule has 4 nitrogen and oxygen atoms in total. The zero-order valence-corrected chi connectivity index (χ0v) is 10.1. The average Bonchev–Trinajstić information content (AvgIpc) is 2.07. The first kappa shape index (κ1) is 10.6. The third kappa shape index (κ3) is 3.43. The van der Waals surface area contributed by atoms with Gasteiger partial charge in [0.05, 0.1) is 9.91 Å². The van der Waals surface area contributed by atoms with Gasteiger partial charge in [0, 0.05) is 20.3 Å². The van der Waals surface area contributed by atoms with E-state index < -0.39 is 0 Å². The average molecular weight is 311 g/mol. The fourth-order valence-corrected chi connectivity index (χ4v) is 0.951. The molecule has 13 heavy (non-hydrogen) atoms. The van der Waals surface area contributed by atoms with Gasteiger partial charge in [-0.25, -0.2) is 9.98 Å². The molecule has 0 unspecified atom stereocenters. The second kappa shape index (κ2) is 4.71. The largest absolute Gasteiger partial charge is 0.369 e. The smallest absolute Gasteiger partial charge is 0.252 e. The number of halogens is 2. The number of aliphatic imine (C=N–C) groups is 1. The van der Waals surface area contributed by atoms with Crippen molar-refractivity contribution in [3.63, 3.8) is 0 Å². The molecule has 0 aromatic carbocycles. The molecule has 1 heterocycles. The van der Waals surface area contributed by atoms with Crippen LogP contribution in [0.25, 0.3) is 0 Å². The van der Waals surface area contributed by atoms with Crippen molar-refractivity contribution in [2.75, 3.05) is 14.1 Å². The molecule has 1 rings (SSSR count). The van der Waals surface area contributed by atoms with Crippen LogP contribution in [0.1, 0.15) is 0 Å². The molecule has 0 radical (unpaired) electrons. The number of aromatic nitrogens is 2. The maximum Gasteiger partial charge on any atom is 0.252 e. The predicted octanol–water partition coefficient (Wildman–Crippen LogP) is 1.96. The highest BCUT2D eigenvalue weighted by atomic mass is 127. The van der Waals surface area contributed by atoms with Crippen molar-refractivity contribution in [2.45, 2.75) is 0 Å². The highest BCUT2D eigenvalue weighted by molar-refractivity contribution is 14.1. The molecule has 6 heteroatoms. The Morgan fingerprint density at radius 3 is 2.85 bits per heavy atom. The fourth-order valence-electron chi connectivity index (χ4n) is 0.567. The maximum atomic E-state index is 5.78. The van der Waals surface area contributed by atoms with E-state index in [2.05, 4.69) is 37.6 Å². The first-order valence-electron chi connectivity index (χ1n) is 3.48. The van der Waals surface area contributed by atoms with Gasteiger partial charge in [-0.3, -0.25) is 0 Å². The lowest BCUT2D eigenvalue weighted by Gasteiger charge is -2.01. The molecule has 0 aliphatic carbocycles. The zero-order valence-electron chi connectivity index (χ0n) is 7.20. The molecule has 0 atom stereocenters. The lowest BCUT2D eigenvalue weighted by Crippen LogP contribution is -2.07. The van der Waals surface area contributed by atoms with Gasteiger partial charge in [0.2, 0.25) is 0 Å². The number of hydrogen-bond acceptors (Lipinski definition) is 3. The van der Waals surface area contributed by atoms with Crippen molar-refractivity contribution >= 4 is 46.5 Å². The van der Waals surface area contributed by atoms with Gasteiger partial charge in [-0.05, 0) is 22.6 Å². The summed E-state index contributed by atoms with van der Waals surface area (Å²) in [5.41, 5.74) is 0. The molecule has 70 valence electrons. The van der Waals surface area contributed by atoms with Gasteiger partial charge < -0.3 is 4.90 Å². The summed E-state index contributed by atoms with van der Waals surface area (Å²) in [4.78, 5) is 13.7. The minimum Gasteiger partial charge on any atom is -0.369 e. The van der Waals surface area contributed by atoms with Crippen LogP contribution in [0.3, 0.4) is 0 Å². The lowest BCUT2D eigenvalue weighted by atomic mass is 10.7. The molecule has 0 spiro atoms. The molecule has 0 aliphatic rings. The normalized spacial score (nSPS) is 10.8. The van der Waals surface area contributed by atoms with Crippen molar-refractivity contribution in [3.05, 3.63) is 14.9 Å². The second-order valence-corrected chi connectivity index (χ2v) is 4.04. The highest BCUT2D eigenvalue weighted by Gasteiger charge is 1.99. The van der Waals surface area contributed by atoms with E-state index in [1.165, 1.54) is 0 Å². The standard InChI is InChI=1S/C7H8ClIN4/c1-13(2)4-11-7-10-3-5(9)6(8)12-7/h3-4H,1-2H3. The number of nitrogens with zero attached hydrogens (tertiary/aromatic N) is 4. The Kier molecular flexibility index (Phi) is 3.86. The summed E-state index contributed by atoms with van der Waals surface area (Å²) >= 11 is 7.85. The van der Waals surface area contributed by atoms with Crippen molar-refractivity contribution in [2.24, 2.45) is 4.99 Å². The Balaban J connectivity index is 2.85. The minimum absolute atomic E-state index is 0.374. The van der Waals surface area contributed by atoms with Gasteiger partial charge in [-0.1, -0.05) is 11.6 Å². The third-order valence-corrected chi connectivity index (χ3v) is 2.49. The van der Waals surface area contributed by atoms with E-state index >= 15 is 0 Å². The second-order valence-electron chi connectivity index (χ2n) is 2.52. The van der Waals surface area contributed by atoms with Crippen LogP contribution in [-0.2, 0) is 0 Å². The molecule has 0 saturated carbocycles. The first-order valence-corrected chi connectivity index (χ1v) is 4.94. The Labute approximate surface area is 95.2 Å². The summed E-state index contributed by atoms with van der Waals surface area (Å²) in [6, 6.07) is 0. The van der Waals surface area contributed by atoms with Crippen LogP contribution < -0.4 is 0 Å². The topological polar surface area (TPSA) is 41.4 Å². The van der Waals surface area contributed by atoms with Gasteiger partial charge in [0.1, 0.15) is 5.15 Å². The van der Waals surface area contributed by atoms with Gasteiger partial charge in [0.25, 0.3) is 5.95 Å². The third-order valence-electron chi connectivity index (χ3n) is 1.09. The van der Waals surface area contributed by atoms with E-state index in [4.69, 9.17) is 11.6 Å². The van der Waals surface area contributed by atoms with Gasteiger partial charge >= 0.3 is 0 Å². The van der Waals surface area contributed by atoms with Crippen LogP contribution in [0.15, 0.2) is 11.2 Å². The van der Waals surface area contributed by atoms with Gasteiger partial charge in [0.15, 0.2) is 0 Å². The predicted molar refractivity (Wildman–Crippen MR) is 61.6 cm³/mol. The highest BCUT2D eigenvalue weighted by Crippen LogP contribution is 2.16. The van der Waals surface area contributed by atoms with Crippen molar-refractivity contribution < 1.29 is 0 Å². The summed E-state index contributed by atoms with van der Waals surface area (Å²) in [7, 11) is 3.75.